The number of benzene rings is 3. The standard InChI is InChI=1S/C34H37ClN2O2S/c1-5-6-19-39-29-18-11-22-9-7-8-10-26(22)28(29)21-36-33-31(32(38)37-25-15-13-24(35)14-16-25)27-17-12-23(34(2,3)4)20-30(27)40-33/h7-11,13-16,18,21,23H,5-6,12,17,19-20H2,1-4H3,(H,37,38)/t23-/m0/s1. The number of thiophene rings is 1. The summed E-state index contributed by atoms with van der Waals surface area (Å²) in [6.45, 7) is 9.75. The van der Waals surface area contributed by atoms with Crippen LogP contribution in [-0.4, -0.2) is 18.7 Å². The highest BCUT2D eigenvalue weighted by atomic mass is 35.5. The average Bonchev–Trinajstić information content (AvgIpc) is 3.31. The first-order chi connectivity index (χ1) is 19.2. The van der Waals surface area contributed by atoms with Crippen molar-refractivity contribution in [1.29, 1.82) is 0 Å². The van der Waals surface area contributed by atoms with Gasteiger partial charge < -0.3 is 10.1 Å². The molecule has 1 aliphatic rings. The van der Waals surface area contributed by atoms with Crippen LogP contribution in [0.1, 0.15) is 73.3 Å². The molecular weight excluding hydrogens is 536 g/mol. The molecule has 4 nitrogen and oxygen atoms in total. The molecular formula is C34H37ClN2O2S. The fourth-order valence-corrected chi connectivity index (χ4v) is 6.74. The quantitative estimate of drug-likeness (QED) is 0.169. The molecule has 1 amide bonds. The molecule has 0 spiro atoms. The number of hydrogen-bond acceptors (Lipinski definition) is 4. The van der Waals surface area contributed by atoms with Crippen LogP contribution in [0.3, 0.4) is 0 Å². The Hall–Kier alpha value is -3.15. The summed E-state index contributed by atoms with van der Waals surface area (Å²) in [6.07, 6.45) is 6.87. The van der Waals surface area contributed by atoms with Crippen molar-refractivity contribution >= 4 is 56.5 Å². The van der Waals surface area contributed by atoms with Crippen molar-refractivity contribution in [2.24, 2.45) is 16.3 Å². The van der Waals surface area contributed by atoms with E-state index in [9.17, 15) is 4.79 Å². The highest BCUT2D eigenvalue weighted by Gasteiger charge is 2.33. The molecule has 1 aromatic heterocycles. The lowest BCUT2D eigenvalue weighted by Crippen LogP contribution is -2.27. The summed E-state index contributed by atoms with van der Waals surface area (Å²) in [5.74, 6) is 1.26. The number of hydrogen-bond donors (Lipinski definition) is 1. The Morgan fingerprint density at radius 2 is 1.90 bits per heavy atom. The molecule has 3 aromatic carbocycles. The number of anilines is 1. The molecule has 4 aromatic rings. The lowest BCUT2D eigenvalue weighted by atomic mass is 9.72. The molecule has 0 saturated heterocycles. The van der Waals surface area contributed by atoms with E-state index < -0.39 is 0 Å². The minimum atomic E-state index is -0.126. The number of unbranched alkanes of at least 4 members (excludes halogenated alkanes) is 1. The molecule has 6 heteroatoms. The minimum Gasteiger partial charge on any atom is -0.493 e. The van der Waals surface area contributed by atoms with Crippen LogP contribution in [0, 0.1) is 11.3 Å². The predicted molar refractivity (Wildman–Crippen MR) is 170 cm³/mol. The number of halogens is 1. The summed E-state index contributed by atoms with van der Waals surface area (Å²) >= 11 is 7.73. The van der Waals surface area contributed by atoms with Crippen LogP contribution < -0.4 is 10.1 Å². The number of rotatable bonds is 8. The highest BCUT2D eigenvalue weighted by molar-refractivity contribution is 7.16. The fraction of sp³-hybridized carbons (Fsp3) is 0.353. The Kier molecular flexibility index (Phi) is 8.62. The summed E-state index contributed by atoms with van der Waals surface area (Å²) < 4.78 is 6.20. The van der Waals surface area contributed by atoms with E-state index in [-0.39, 0.29) is 11.3 Å². The maximum Gasteiger partial charge on any atom is 0.259 e. The van der Waals surface area contributed by atoms with Crippen LogP contribution in [-0.2, 0) is 12.8 Å². The number of carbonyl (C=O) groups is 1. The summed E-state index contributed by atoms with van der Waals surface area (Å²) in [6, 6.07) is 19.6. The molecule has 5 rings (SSSR count). The molecule has 0 fully saturated rings. The van der Waals surface area contributed by atoms with Gasteiger partial charge in [0.25, 0.3) is 5.91 Å². The summed E-state index contributed by atoms with van der Waals surface area (Å²) in [4.78, 5) is 20.1. The van der Waals surface area contributed by atoms with Gasteiger partial charge >= 0.3 is 0 Å². The second kappa shape index (κ2) is 12.2. The van der Waals surface area contributed by atoms with Crippen LogP contribution in [0.2, 0.25) is 5.02 Å². The van der Waals surface area contributed by atoms with Gasteiger partial charge in [-0.1, -0.05) is 76.0 Å². The number of carbonyl (C=O) groups excluding carboxylic acids is 1. The lowest BCUT2D eigenvalue weighted by molar-refractivity contribution is 0.102. The molecule has 1 heterocycles. The zero-order chi connectivity index (χ0) is 28.3. The first-order valence-electron chi connectivity index (χ1n) is 14.1. The number of nitrogens with one attached hydrogen (secondary N) is 1. The van der Waals surface area contributed by atoms with Gasteiger partial charge in [-0.15, -0.1) is 11.3 Å². The van der Waals surface area contributed by atoms with Gasteiger partial charge in [-0.05, 0) is 83.7 Å². The van der Waals surface area contributed by atoms with E-state index >= 15 is 0 Å². The largest absolute Gasteiger partial charge is 0.493 e. The van der Waals surface area contributed by atoms with E-state index in [2.05, 4.69) is 51.2 Å². The van der Waals surface area contributed by atoms with Crippen molar-refractivity contribution in [2.45, 2.75) is 59.8 Å². The topological polar surface area (TPSA) is 50.7 Å². The molecule has 0 radical (unpaired) electrons. The van der Waals surface area contributed by atoms with E-state index in [1.807, 2.05) is 36.5 Å². The molecule has 0 unspecified atom stereocenters. The molecule has 1 atom stereocenters. The van der Waals surface area contributed by atoms with Gasteiger partial charge in [0.15, 0.2) is 0 Å². The third kappa shape index (κ3) is 6.26. The Bertz CT molecular complexity index is 1530. The zero-order valence-electron chi connectivity index (χ0n) is 23.7. The number of ether oxygens (including phenoxy) is 1. The van der Waals surface area contributed by atoms with Crippen LogP contribution in [0.5, 0.6) is 5.75 Å². The van der Waals surface area contributed by atoms with Crippen molar-refractivity contribution in [3.8, 4) is 5.75 Å². The third-order valence-electron chi connectivity index (χ3n) is 7.80. The van der Waals surface area contributed by atoms with Gasteiger partial charge in [0.05, 0.1) is 12.2 Å². The molecule has 208 valence electrons. The summed E-state index contributed by atoms with van der Waals surface area (Å²) in [7, 11) is 0. The Balaban J connectivity index is 1.56. The normalized spacial score (nSPS) is 15.4. The van der Waals surface area contributed by atoms with Crippen molar-refractivity contribution in [2.75, 3.05) is 11.9 Å². The summed E-state index contributed by atoms with van der Waals surface area (Å²) in [5.41, 5.74) is 3.70. The van der Waals surface area contributed by atoms with Crippen molar-refractivity contribution in [3.63, 3.8) is 0 Å². The van der Waals surface area contributed by atoms with E-state index in [1.165, 1.54) is 4.88 Å². The maximum absolute atomic E-state index is 13.8. The van der Waals surface area contributed by atoms with E-state index in [4.69, 9.17) is 21.3 Å². The number of nitrogens with zero attached hydrogens (tertiary/aromatic N) is 1. The van der Waals surface area contributed by atoms with Gasteiger partial charge in [0.2, 0.25) is 0 Å². The monoisotopic (exact) mass is 572 g/mol. The van der Waals surface area contributed by atoms with Crippen molar-refractivity contribution in [1.82, 2.24) is 0 Å². The SMILES string of the molecule is CCCCOc1ccc2ccccc2c1C=Nc1sc2c(c1C(=O)Nc1ccc(Cl)cc1)CC[C@H](C(C)(C)C)C2. The maximum atomic E-state index is 13.8. The summed E-state index contributed by atoms with van der Waals surface area (Å²) in [5, 5.41) is 6.69. The van der Waals surface area contributed by atoms with E-state index in [0.717, 1.165) is 64.8 Å². The minimum absolute atomic E-state index is 0.126. The van der Waals surface area contributed by atoms with Crippen LogP contribution in [0.25, 0.3) is 10.8 Å². The Morgan fingerprint density at radius 1 is 1.12 bits per heavy atom. The first-order valence-corrected chi connectivity index (χ1v) is 15.3. The smallest absolute Gasteiger partial charge is 0.259 e. The van der Waals surface area contributed by atoms with Crippen molar-refractivity contribution in [3.05, 3.63) is 87.3 Å². The van der Waals surface area contributed by atoms with Crippen LogP contribution >= 0.6 is 22.9 Å². The number of fused-ring (bicyclic) bond motifs is 2. The second-order valence-electron chi connectivity index (χ2n) is 11.6. The fourth-order valence-electron chi connectivity index (χ4n) is 5.35. The zero-order valence-corrected chi connectivity index (χ0v) is 25.3. The van der Waals surface area contributed by atoms with E-state index in [1.54, 1.807) is 23.5 Å². The molecule has 1 aliphatic carbocycles. The van der Waals surface area contributed by atoms with Gasteiger partial charge in [0.1, 0.15) is 10.8 Å². The second-order valence-corrected chi connectivity index (χ2v) is 13.1. The van der Waals surface area contributed by atoms with Crippen molar-refractivity contribution < 1.29 is 9.53 Å². The van der Waals surface area contributed by atoms with Gasteiger partial charge in [0, 0.05) is 27.4 Å². The molecule has 0 bridgehead atoms. The first kappa shape index (κ1) is 28.4. The van der Waals surface area contributed by atoms with Crippen LogP contribution in [0.15, 0.2) is 65.7 Å². The molecule has 1 N–H and O–H groups in total. The molecule has 0 aliphatic heterocycles. The highest BCUT2D eigenvalue weighted by Crippen LogP contribution is 2.45. The van der Waals surface area contributed by atoms with Gasteiger partial charge in [-0.25, -0.2) is 4.99 Å². The van der Waals surface area contributed by atoms with Gasteiger partial charge in [-0.2, -0.15) is 0 Å². The Labute approximate surface area is 246 Å². The van der Waals surface area contributed by atoms with Crippen LogP contribution in [0.4, 0.5) is 10.7 Å². The Morgan fingerprint density at radius 3 is 2.65 bits per heavy atom. The van der Waals surface area contributed by atoms with Gasteiger partial charge in [-0.3, -0.25) is 4.79 Å². The molecule has 0 saturated carbocycles. The van der Waals surface area contributed by atoms with E-state index in [0.29, 0.717) is 28.8 Å². The third-order valence-corrected chi connectivity index (χ3v) is 9.21. The molecule has 40 heavy (non-hydrogen) atoms. The number of aliphatic imine (C=N–C) groups is 1. The number of amides is 1. The average molecular weight is 573 g/mol. The predicted octanol–water partition coefficient (Wildman–Crippen LogP) is 9.89. The lowest BCUT2D eigenvalue weighted by Gasteiger charge is -2.33.